The standard InChI is InChI=1S/C15H26FN5/c1-2-13-14(16)15(19-12-18-13)21-9-5-8-20(10-11-21)7-4-3-6-17/h12H,2-11,17H2,1H3. The molecule has 0 spiro atoms. The summed E-state index contributed by atoms with van der Waals surface area (Å²) in [6, 6.07) is 0. The highest BCUT2D eigenvalue weighted by Crippen LogP contribution is 2.19. The van der Waals surface area contributed by atoms with Crippen molar-refractivity contribution in [3.05, 3.63) is 17.8 Å². The normalized spacial score (nSPS) is 17.0. The Morgan fingerprint density at radius 2 is 2.05 bits per heavy atom. The Kier molecular flexibility index (Phi) is 6.32. The van der Waals surface area contributed by atoms with E-state index in [1.165, 1.54) is 6.33 Å². The van der Waals surface area contributed by atoms with E-state index >= 15 is 0 Å². The zero-order valence-corrected chi connectivity index (χ0v) is 12.9. The lowest BCUT2D eigenvalue weighted by Crippen LogP contribution is -2.32. The molecule has 2 N–H and O–H groups in total. The lowest BCUT2D eigenvalue weighted by atomic mass is 10.3. The minimum absolute atomic E-state index is 0.253. The number of rotatable bonds is 6. The topological polar surface area (TPSA) is 58.3 Å². The summed E-state index contributed by atoms with van der Waals surface area (Å²) in [4.78, 5) is 12.7. The van der Waals surface area contributed by atoms with Gasteiger partial charge in [-0.1, -0.05) is 6.92 Å². The monoisotopic (exact) mass is 295 g/mol. The predicted molar refractivity (Wildman–Crippen MR) is 82.9 cm³/mol. The van der Waals surface area contributed by atoms with Gasteiger partial charge in [-0.25, -0.2) is 14.4 Å². The van der Waals surface area contributed by atoms with Crippen LogP contribution in [-0.4, -0.2) is 54.1 Å². The van der Waals surface area contributed by atoms with Crippen molar-refractivity contribution < 1.29 is 4.39 Å². The molecule has 1 aromatic rings. The number of hydrogen-bond donors (Lipinski definition) is 1. The molecule has 118 valence electrons. The lowest BCUT2D eigenvalue weighted by molar-refractivity contribution is 0.287. The number of unbranched alkanes of at least 4 members (excludes halogenated alkanes) is 1. The molecule has 0 unspecified atom stereocenters. The quantitative estimate of drug-likeness (QED) is 0.805. The number of nitrogens with zero attached hydrogens (tertiary/aromatic N) is 4. The Bertz CT molecular complexity index is 440. The molecule has 0 aromatic carbocycles. The molecular formula is C15H26FN5. The maximum atomic E-state index is 14.3. The van der Waals surface area contributed by atoms with Gasteiger partial charge in [0.25, 0.3) is 0 Å². The first-order valence-electron chi connectivity index (χ1n) is 7.93. The van der Waals surface area contributed by atoms with E-state index < -0.39 is 0 Å². The van der Waals surface area contributed by atoms with Crippen molar-refractivity contribution in [3.63, 3.8) is 0 Å². The first-order valence-corrected chi connectivity index (χ1v) is 7.93. The molecule has 1 aliphatic rings. The molecular weight excluding hydrogens is 269 g/mol. The van der Waals surface area contributed by atoms with Crippen LogP contribution < -0.4 is 10.6 Å². The number of aromatic nitrogens is 2. The van der Waals surface area contributed by atoms with Gasteiger partial charge < -0.3 is 15.5 Å². The summed E-state index contributed by atoms with van der Waals surface area (Å²) in [6.07, 6.45) is 5.31. The van der Waals surface area contributed by atoms with E-state index in [0.29, 0.717) is 17.9 Å². The molecule has 0 saturated carbocycles. The third kappa shape index (κ3) is 4.35. The van der Waals surface area contributed by atoms with Crippen LogP contribution in [0.1, 0.15) is 31.9 Å². The molecule has 1 aliphatic heterocycles. The fraction of sp³-hybridized carbons (Fsp3) is 0.733. The highest BCUT2D eigenvalue weighted by atomic mass is 19.1. The zero-order valence-electron chi connectivity index (χ0n) is 12.9. The van der Waals surface area contributed by atoms with Crippen LogP contribution >= 0.6 is 0 Å². The summed E-state index contributed by atoms with van der Waals surface area (Å²) in [7, 11) is 0. The van der Waals surface area contributed by atoms with Crippen molar-refractivity contribution in [2.45, 2.75) is 32.6 Å². The number of nitrogens with two attached hydrogens (primary N) is 1. The number of anilines is 1. The summed E-state index contributed by atoms with van der Waals surface area (Å²) in [5.41, 5.74) is 6.04. The molecule has 21 heavy (non-hydrogen) atoms. The van der Waals surface area contributed by atoms with E-state index in [1.807, 2.05) is 6.92 Å². The summed E-state index contributed by atoms with van der Waals surface area (Å²) < 4.78 is 14.3. The van der Waals surface area contributed by atoms with Gasteiger partial charge in [0.15, 0.2) is 11.6 Å². The van der Waals surface area contributed by atoms with Gasteiger partial charge in [-0.15, -0.1) is 0 Å². The fourth-order valence-corrected chi connectivity index (χ4v) is 2.75. The van der Waals surface area contributed by atoms with Gasteiger partial charge >= 0.3 is 0 Å². The Labute approximate surface area is 126 Å². The van der Waals surface area contributed by atoms with Gasteiger partial charge in [-0.2, -0.15) is 0 Å². The first kappa shape index (κ1) is 16.1. The molecule has 1 fully saturated rings. The molecule has 2 rings (SSSR count). The van der Waals surface area contributed by atoms with E-state index in [9.17, 15) is 4.39 Å². The maximum absolute atomic E-state index is 14.3. The maximum Gasteiger partial charge on any atom is 0.187 e. The van der Waals surface area contributed by atoms with Crippen LogP contribution in [0.5, 0.6) is 0 Å². The third-order valence-electron chi connectivity index (χ3n) is 3.99. The number of hydrogen-bond acceptors (Lipinski definition) is 5. The molecule has 0 atom stereocenters. The Hall–Kier alpha value is -1.27. The van der Waals surface area contributed by atoms with Gasteiger partial charge in [0.05, 0.1) is 5.69 Å². The smallest absolute Gasteiger partial charge is 0.187 e. The minimum Gasteiger partial charge on any atom is -0.353 e. The van der Waals surface area contributed by atoms with Gasteiger partial charge in [-0.3, -0.25) is 0 Å². The van der Waals surface area contributed by atoms with Crippen LogP contribution in [0, 0.1) is 5.82 Å². The Morgan fingerprint density at radius 3 is 2.81 bits per heavy atom. The zero-order chi connectivity index (χ0) is 15.1. The Morgan fingerprint density at radius 1 is 1.19 bits per heavy atom. The average molecular weight is 295 g/mol. The summed E-state index contributed by atoms with van der Waals surface area (Å²) in [5, 5.41) is 0. The lowest BCUT2D eigenvalue weighted by Gasteiger charge is -2.23. The molecule has 1 saturated heterocycles. The fourth-order valence-electron chi connectivity index (χ4n) is 2.75. The van der Waals surface area contributed by atoms with Gasteiger partial charge in [-0.05, 0) is 45.3 Å². The van der Waals surface area contributed by atoms with Crippen LogP contribution in [-0.2, 0) is 6.42 Å². The molecule has 2 heterocycles. The predicted octanol–water partition coefficient (Wildman–Crippen LogP) is 1.43. The molecule has 6 heteroatoms. The van der Waals surface area contributed by atoms with Crippen molar-refractivity contribution in [1.82, 2.24) is 14.9 Å². The summed E-state index contributed by atoms with van der Waals surface area (Å²) in [5.74, 6) is 0.210. The SMILES string of the molecule is CCc1ncnc(N2CCCN(CCCCN)CC2)c1F. The van der Waals surface area contributed by atoms with Crippen molar-refractivity contribution >= 4 is 5.82 Å². The van der Waals surface area contributed by atoms with Gasteiger partial charge in [0.1, 0.15) is 6.33 Å². The molecule has 0 aliphatic carbocycles. The summed E-state index contributed by atoms with van der Waals surface area (Å²) in [6.45, 7) is 7.44. The van der Waals surface area contributed by atoms with E-state index in [-0.39, 0.29) is 5.82 Å². The second-order valence-corrected chi connectivity index (χ2v) is 5.49. The van der Waals surface area contributed by atoms with E-state index in [2.05, 4.69) is 19.8 Å². The van der Waals surface area contributed by atoms with Crippen molar-refractivity contribution in [2.24, 2.45) is 5.73 Å². The van der Waals surface area contributed by atoms with E-state index in [1.54, 1.807) is 0 Å². The number of halogens is 1. The Balaban J connectivity index is 1.96. The van der Waals surface area contributed by atoms with Crippen LogP contribution in [0.25, 0.3) is 0 Å². The second-order valence-electron chi connectivity index (χ2n) is 5.49. The summed E-state index contributed by atoms with van der Waals surface area (Å²) >= 11 is 0. The third-order valence-corrected chi connectivity index (χ3v) is 3.99. The largest absolute Gasteiger partial charge is 0.353 e. The molecule has 5 nitrogen and oxygen atoms in total. The van der Waals surface area contributed by atoms with E-state index in [4.69, 9.17) is 5.73 Å². The average Bonchev–Trinajstić information content (AvgIpc) is 2.73. The highest BCUT2D eigenvalue weighted by molar-refractivity contribution is 5.41. The van der Waals surface area contributed by atoms with Crippen LogP contribution in [0.4, 0.5) is 10.2 Å². The van der Waals surface area contributed by atoms with E-state index in [0.717, 1.165) is 58.5 Å². The molecule has 1 aromatic heterocycles. The van der Waals surface area contributed by atoms with Crippen LogP contribution in [0.15, 0.2) is 6.33 Å². The molecule has 0 radical (unpaired) electrons. The first-order chi connectivity index (χ1) is 10.3. The molecule has 0 amide bonds. The van der Waals surface area contributed by atoms with Crippen molar-refractivity contribution in [2.75, 3.05) is 44.2 Å². The van der Waals surface area contributed by atoms with Crippen LogP contribution in [0.2, 0.25) is 0 Å². The molecule has 0 bridgehead atoms. The number of aryl methyl sites for hydroxylation is 1. The second kappa shape index (κ2) is 8.24. The minimum atomic E-state index is -0.253. The van der Waals surface area contributed by atoms with Gasteiger partial charge in [0.2, 0.25) is 0 Å². The van der Waals surface area contributed by atoms with Crippen molar-refractivity contribution in [1.29, 1.82) is 0 Å². The van der Waals surface area contributed by atoms with Gasteiger partial charge in [0, 0.05) is 19.6 Å². The van der Waals surface area contributed by atoms with Crippen LogP contribution in [0.3, 0.4) is 0 Å². The highest BCUT2D eigenvalue weighted by Gasteiger charge is 2.20. The van der Waals surface area contributed by atoms with Crippen molar-refractivity contribution in [3.8, 4) is 0 Å².